The molecular formula is C25H29FN4O4. The monoisotopic (exact) mass is 468 g/mol. The first kappa shape index (κ1) is 24.8. The molecule has 0 saturated heterocycles. The summed E-state index contributed by atoms with van der Waals surface area (Å²) in [4.78, 5) is 22.2. The zero-order valence-electron chi connectivity index (χ0n) is 19.2. The molecular weight excluding hydrogens is 439 g/mol. The molecule has 0 spiro atoms. The molecule has 1 aliphatic rings. The lowest BCUT2D eigenvalue weighted by Gasteiger charge is -2.22. The first-order chi connectivity index (χ1) is 16.4. The first-order valence-corrected chi connectivity index (χ1v) is 11.1. The van der Waals surface area contributed by atoms with Crippen LogP contribution in [-0.2, 0) is 0 Å². The summed E-state index contributed by atoms with van der Waals surface area (Å²) in [6.07, 6.45) is 9.62. The molecule has 1 fully saturated rings. The largest absolute Gasteiger partial charge is 0.495 e. The number of carbonyl (C=O) groups is 2. The molecule has 0 aliphatic heterocycles. The normalized spacial score (nSPS) is 13.9. The zero-order valence-corrected chi connectivity index (χ0v) is 19.2. The molecule has 1 heterocycles. The molecule has 9 heteroatoms. The Bertz CT molecular complexity index is 1150. The van der Waals surface area contributed by atoms with Crippen LogP contribution >= 0.6 is 0 Å². The lowest BCUT2D eigenvalue weighted by Crippen LogP contribution is -2.41. The molecule has 1 aromatic heterocycles. The van der Waals surface area contributed by atoms with E-state index in [-0.39, 0.29) is 23.2 Å². The number of hydrogen-bond donors (Lipinski definition) is 4. The number of carboxylic acid groups (broad SMARTS) is 1. The number of methoxy groups -OCH3 is 1. The minimum absolute atomic E-state index is 0.0445. The standard InChI is InChI=1S/C17H13FN2O3.C8H16N2O/c1-23-16-12(17(21)22)7-9-14-15(16)13(19-20-14)8-4-10-2-5-11(18)6-3-10;1-9-8(11)10-7-5-3-2-4-6-7/h2-9H,1H3,(H,19,20)(H,21,22);7H,2-6H2,1H3,(H2,9,10,11)/b8-4+;. The van der Waals surface area contributed by atoms with Crippen molar-refractivity contribution in [2.45, 2.75) is 38.1 Å². The molecule has 4 N–H and O–H groups in total. The smallest absolute Gasteiger partial charge is 0.339 e. The number of urea groups is 1. The minimum Gasteiger partial charge on any atom is -0.495 e. The molecule has 34 heavy (non-hydrogen) atoms. The number of fused-ring (bicyclic) bond motifs is 1. The van der Waals surface area contributed by atoms with Gasteiger partial charge in [0.05, 0.1) is 23.7 Å². The Kier molecular flexibility index (Phi) is 8.61. The van der Waals surface area contributed by atoms with E-state index >= 15 is 0 Å². The molecule has 8 nitrogen and oxygen atoms in total. The maximum Gasteiger partial charge on any atom is 0.339 e. The third-order valence-electron chi connectivity index (χ3n) is 5.62. The molecule has 2 aromatic carbocycles. The van der Waals surface area contributed by atoms with Crippen molar-refractivity contribution in [3.63, 3.8) is 0 Å². The van der Waals surface area contributed by atoms with Crippen molar-refractivity contribution in [1.82, 2.24) is 20.8 Å². The van der Waals surface area contributed by atoms with Crippen LogP contribution in [0.5, 0.6) is 5.75 Å². The van der Waals surface area contributed by atoms with Gasteiger partial charge in [-0.2, -0.15) is 5.10 Å². The van der Waals surface area contributed by atoms with Crippen molar-refractivity contribution >= 4 is 35.1 Å². The van der Waals surface area contributed by atoms with Crippen LogP contribution in [0.15, 0.2) is 36.4 Å². The average Bonchev–Trinajstić information content (AvgIpc) is 3.27. The number of nitrogens with zero attached hydrogens (tertiary/aromatic N) is 1. The number of nitrogens with one attached hydrogen (secondary N) is 3. The third-order valence-corrected chi connectivity index (χ3v) is 5.62. The van der Waals surface area contributed by atoms with E-state index in [4.69, 9.17) is 4.74 Å². The number of rotatable bonds is 5. The summed E-state index contributed by atoms with van der Waals surface area (Å²) < 4.78 is 18.2. The van der Waals surface area contributed by atoms with E-state index < -0.39 is 5.97 Å². The summed E-state index contributed by atoms with van der Waals surface area (Å²) in [5, 5.41) is 22.3. The van der Waals surface area contributed by atoms with Crippen LogP contribution in [-0.4, -0.2) is 47.5 Å². The topological polar surface area (TPSA) is 116 Å². The van der Waals surface area contributed by atoms with Gasteiger partial charge in [0.15, 0.2) is 0 Å². The van der Waals surface area contributed by atoms with E-state index in [9.17, 15) is 19.1 Å². The van der Waals surface area contributed by atoms with Crippen molar-refractivity contribution in [3.05, 3.63) is 59.0 Å². The van der Waals surface area contributed by atoms with E-state index in [2.05, 4.69) is 20.8 Å². The number of hydrogen-bond acceptors (Lipinski definition) is 4. The highest BCUT2D eigenvalue weighted by Crippen LogP contribution is 2.32. The minimum atomic E-state index is -1.07. The van der Waals surface area contributed by atoms with E-state index in [1.807, 2.05) is 0 Å². The third kappa shape index (κ3) is 6.34. The Labute approximate surface area is 197 Å². The molecule has 1 aliphatic carbocycles. The summed E-state index contributed by atoms with van der Waals surface area (Å²) >= 11 is 0. The quantitative estimate of drug-likeness (QED) is 0.428. The number of H-pyrrole nitrogens is 1. The van der Waals surface area contributed by atoms with Gasteiger partial charge in [-0.05, 0) is 48.7 Å². The summed E-state index contributed by atoms with van der Waals surface area (Å²) in [6, 6.07) is 9.50. The number of carbonyl (C=O) groups excluding carboxylic acids is 1. The number of ether oxygens (including phenoxy) is 1. The predicted octanol–water partition coefficient (Wildman–Crippen LogP) is 4.83. The summed E-state index contributed by atoms with van der Waals surface area (Å²) in [5.41, 5.74) is 2.09. The van der Waals surface area contributed by atoms with E-state index in [1.54, 1.807) is 37.4 Å². The van der Waals surface area contributed by atoms with E-state index in [1.165, 1.54) is 44.6 Å². The van der Waals surface area contributed by atoms with Gasteiger partial charge >= 0.3 is 12.0 Å². The summed E-state index contributed by atoms with van der Waals surface area (Å²) in [7, 11) is 3.07. The predicted molar refractivity (Wildman–Crippen MR) is 129 cm³/mol. The summed E-state index contributed by atoms with van der Waals surface area (Å²) in [5.74, 6) is -1.12. The molecule has 0 bridgehead atoms. The second kappa shape index (κ2) is 11.8. The maximum atomic E-state index is 12.9. The molecule has 0 radical (unpaired) electrons. The van der Waals surface area contributed by atoms with Gasteiger partial charge in [0, 0.05) is 13.1 Å². The van der Waals surface area contributed by atoms with Crippen molar-refractivity contribution < 1.29 is 23.8 Å². The number of benzene rings is 2. The van der Waals surface area contributed by atoms with Crippen LogP contribution in [0.2, 0.25) is 0 Å². The zero-order chi connectivity index (χ0) is 24.5. The molecule has 4 rings (SSSR count). The Morgan fingerprint density at radius 1 is 1.12 bits per heavy atom. The van der Waals surface area contributed by atoms with Crippen molar-refractivity contribution in [1.29, 1.82) is 0 Å². The van der Waals surface area contributed by atoms with Gasteiger partial charge < -0.3 is 20.5 Å². The number of carboxylic acids is 1. The fraction of sp³-hybridized carbons (Fsp3) is 0.320. The lowest BCUT2D eigenvalue weighted by atomic mass is 9.96. The van der Waals surface area contributed by atoms with E-state index in [0.717, 1.165) is 18.4 Å². The highest BCUT2D eigenvalue weighted by Gasteiger charge is 2.18. The lowest BCUT2D eigenvalue weighted by molar-refractivity contribution is 0.0693. The Hall–Kier alpha value is -3.88. The number of aromatic nitrogens is 2. The van der Waals surface area contributed by atoms with Gasteiger partial charge in [-0.15, -0.1) is 0 Å². The average molecular weight is 469 g/mol. The van der Waals surface area contributed by atoms with Crippen LogP contribution in [0.3, 0.4) is 0 Å². The van der Waals surface area contributed by atoms with Crippen LogP contribution in [0.4, 0.5) is 9.18 Å². The second-order valence-electron chi connectivity index (χ2n) is 7.93. The van der Waals surface area contributed by atoms with Gasteiger partial charge in [0.1, 0.15) is 17.1 Å². The Balaban J connectivity index is 0.000000248. The molecule has 0 unspecified atom stereocenters. The van der Waals surface area contributed by atoms with Gasteiger partial charge in [-0.25, -0.2) is 14.0 Å². The highest BCUT2D eigenvalue weighted by molar-refractivity contribution is 6.02. The molecule has 3 aromatic rings. The Morgan fingerprint density at radius 2 is 1.82 bits per heavy atom. The first-order valence-electron chi connectivity index (χ1n) is 11.1. The summed E-state index contributed by atoms with van der Waals surface area (Å²) in [6.45, 7) is 0. The Morgan fingerprint density at radius 3 is 2.44 bits per heavy atom. The number of aromatic carboxylic acids is 1. The maximum absolute atomic E-state index is 12.9. The van der Waals surface area contributed by atoms with Crippen molar-refractivity contribution in [3.8, 4) is 5.75 Å². The van der Waals surface area contributed by atoms with Gasteiger partial charge in [-0.3, -0.25) is 5.10 Å². The van der Waals surface area contributed by atoms with Gasteiger partial charge in [0.25, 0.3) is 0 Å². The van der Waals surface area contributed by atoms with Crippen molar-refractivity contribution in [2.24, 2.45) is 0 Å². The number of amides is 2. The SMILES string of the molecule is CNC(=O)NC1CCCCC1.COc1c(C(=O)O)ccc2[nH]nc(/C=C/c3ccc(F)cc3)c12. The highest BCUT2D eigenvalue weighted by atomic mass is 19.1. The molecule has 2 amide bonds. The van der Waals surface area contributed by atoms with E-state index in [0.29, 0.717) is 22.6 Å². The van der Waals surface area contributed by atoms with Crippen LogP contribution in [0.25, 0.3) is 23.1 Å². The fourth-order valence-corrected chi connectivity index (χ4v) is 3.86. The molecule has 0 atom stereocenters. The van der Waals surface area contributed by atoms with Crippen LogP contribution in [0.1, 0.15) is 53.7 Å². The fourth-order valence-electron chi connectivity index (χ4n) is 3.86. The molecule has 1 saturated carbocycles. The van der Waals surface area contributed by atoms with Gasteiger partial charge in [-0.1, -0.05) is 37.5 Å². The van der Waals surface area contributed by atoms with Crippen LogP contribution in [0, 0.1) is 5.82 Å². The van der Waals surface area contributed by atoms with Gasteiger partial charge in [0.2, 0.25) is 0 Å². The molecule has 180 valence electrons. The number of halogens is 1. The number of aromatic amines is 1. The van der Waals surface area contributed by atoms with Crippen molar-refractivity contribution in [2.75, 3.05) is 14.2 Å². The van der Waals surface area contributed by atoms with Crippen LogP contribution < -0.4 is 15.4 Å². The second-order valence-corrected chi connectivity index (χ2v) is 7.93.